The summed E-state index contributed by atoms with van der Waals surface area (Å²) < 4.78 is 0. The molecule has 0 aromatic rings. The van der Waals surface area contributed by atoms with Crippen LogP contribution < -0.4 is 5.32 Å². The molecule has 2 heterocycles. The second-order valence-electron chi connectivity index (χ2n) is 2.97. The van der Waals surface area contributed by atoms with Crippen LogP contribution in [0.4, 0.5) is 0 Å². The number of piperazine rings is 1. The number of β-amino-alcohol motifs (C(OH)–C–C–N with tert-alkyl or cyclic N) is 1. The van der Waals surface area contributed by atoms with Gasteiger partial charge in [-0.2, -0.15) is 0 Å². The molecule has 0 spiro atoms. The van der Waals surface area contributed by atoms with Crippen molar-refractivity contribution in [2.45, 2.75) is 16.0 Å². The van der Waals surface area contributed by atoms with Crippen LogP contribution in [0.3, 0.4) is 0 Å². The molecule has 2 N–H and O–H groups in total. The first-order chi connectivity index (χ1) is 6.11. The maximum Gasteiger partial charge on any atom is 0.267 e. The molecule has 0 radical (unpaired) electrons. The van der Waals surface area contributed by atoms with E-state index in [1.807, 2.05) is 0 Å². The molecule has 2 rings (SSSR count). The number of hydrogen-bond acceptors (Lipinski definition) is 3. The van der Waals surface area contributed by atoms with Crippen molar-refractivity contribution >= 4 is 37.8 Å². The van der Waals surface area contributed by atoms with Gasteiger partial charge in [0, 0.05) is 0 Å². The molecule has 0 bridgehead atoms. The minimum Gasteiger partial charge on any atom is -0.372 e. The number of amides is 1. The Kier molecular flexibility index (Phi) is 2.37. The summed E-state index contributed by atoms with van der Waals surface area (Å²) in [5.41, 5.74) is 0.530. The number of carbonyl (C=O) groups is 1. The summed E-state index contributed by atoms with van der Waals surface area (Å²) in [5, 5.41) is 12.2. The molecule has 0 aromatic carbocycles. The molecular weight excluding hydrogens is 304 g/mol. The average molecular weight is 312 g/mol. The molecule has 1 amide bonds. The highest BCUT2D eigenvalue weighted by Gasteiger charge is 2.40. The van der Waals surface area contributed by atoms with Gasteiger partial charge in [0.25, 0.3) is 5.91 Å². The van der Waals surface area contributed by atoms with Crippen molar-refractivity contribution < 1.29 is 9.90 Å². The summed E-state index contributed by atoms with van der Waals surface area (Å²) in [4.78, 5) is 13.0. The summed E-state index contributed by atoms with van der Waals surface area (Å²) >= 11 is 6.79. The van der Waals surface area contributed by atoms with Crippen LogP contribution in [-0.4, -0.2) is 38.5 Å². The van der Waals surface area contributed by atoms with Gasteiger partial charge in [-0.1, -0.05) is 31.9 Å². The molecule has 1 fully saturated rings. The number of alkyl halides is 2. The van der Waals surface area contributed by atoms with Crippen LogP contribution in [0, 0.1) is 0 Å². The maximum atomic E-state index is 11.3. The number of carbonyl (C=O) groups excluding carboxylic acids is 1. The summed E-state index contributed by atoms with van der Waals surface area (Å²) in [7, 11) is 0. The Balaban J connectivity index is 2.31. The molecule has 13 heavy (non-hydrogen) atoms. The van der Waals surface area contributed by atoms with Crippen molar-refractivity contribution in [3.8, 4) is 0 Å². The highest BCUT2D eigenvalue weighted by Crippen LogP contribution is 2.33. The number of aliphatic hydroxyl groups excluding tert-OH is 1. The van der Waals surface area contributed by atoms with Gasteiger partial charge in [0.05, 0.1) is 11.4 Å². The van der Waals surface area contributed by atoms with Crippen LogP contribution in [0.5, 0.6) is 0 Å². The number of halogens is 2. The zero-order valence-corrected chi connectivity index (χ0v) is 9.75. The van der Waals surface area contributed by atoms with Gasteiger partial charge in [-0.3, -0.25) is 4.79 Å². The number of nitrogens with one attached hydrogen (secondary N) is 1. The molecule has 2 aliphatic rings. The van der Waals surface area contributed by atoms with Gasteiger partial charge in [0.2, 0.25) is 0 Å². The third-order valence-corrected chi connectivity index (χ3v) is 4.61. The SMILES string of the molecule is O=C1NCC(O)N2C1=CC(Br)C2Br. The van der Waals surface area contributed by atoms with Crippen LogP contribution in [-0.2, 0) is 4.79 Å². The molecule has 0 aromatic heterocycles. The van der Waals surface area contributed by atoms with Gasteiger partial charge in [-0.15, -0.1) is 0 Å². The van der Waals surface area contributed by atoms with E-state index in [1.54, 1.807) is 11.0 Å². The van der Waals surface area contributed by atoms with Gasteiger partial charge in [-0.25, -0.2) is 0 Å². The molecule has 0 aliphatic carbocycles. The van der Waals surface area contributed by atoms with Crippen LogP contribution in [0.2, 0.25) is 0 Å². The highest BCUT2D eigenvalue weighted by atomic mass is 79.9. The van der Waals surface area contributed by atoms with Crippen LogP contribution >= 0.6 is 31.9 Å². The third-order valence-electron chi connectivity index (χ3n) is 2.12. The number of aliphatic hydroxyl groups is 1. The maximum absolute atomic E-state index is 11.3. The minimum atomic E-state index is -0.643. The van der Waals surface area contributed by atoms with Crippen LogP contribution in [0.1, 0.15) is 0 Å². The van der Waals surface area contributed by atoms with Crippen molar-refractivity contribution in [2.75, 3.05) is 6.54 Å². The summed E-state index contributed by atoms with van der Waals surface area (Å²) in [6.07, 6.45) is 1.15. The number of fused-ring (bicyclic) bond motifs is 1. The fourth-order valence-electron chi connectivity index (χ4n) is 1.49. The average Bonchev–Trinajstić information content (AvgIpc) is 2.38. The summed E-state index contributed by atoms with van der Waals surface area (Å²) in [6, 6.07) is 0. The molecule has 3 atom stereocenters. The Morgan fingerprint density at radius 1 is 1.62 bits per heavy atom. The lowest BCUT2D eigenvalue weighted by atomic mass is 10.3. The number of hydrogen-bond donors (Lipinski definition) is 2. The first-order valence-electron chi connectivity index (χ1n) is 3.86. The molecule has 1 saturated heterocycles. The van der Waals surface area contributed by atoms with E-state index in [-0.39, 0.29) is 22.2 Å². The van der Waals surface area contributed by atoms with Crippen molar-refractivity contribution in [1.29, 1.82) is 0 Å². The van der Waals surface area contributed by atoms with Crippen molar-refractivity contribution in [3.63, 3.8) is 0 Å². The van der Waals surface area contributed by atoms with Crippen LogP contribution in [0.25, 0.3) is 0 Å². The Morgan fingerprint density at radius 3 is 2.92 bits per heavy atom. The van der Waals surface area contributed by atoms with Gasteiger partial charge in [0.1, 0.15) is 16.9 Å². The van der Waals surface area contributed by atoms with E-state index in [0.717, 1.165) is 0 Å². The van der Waals surface area contributed by atoms with E-state index < -0.39 is 6.23 Å². The molecule has 72 valence electrons. The summed E-state index contributed by atoms with van der Waals surface area (Å²) in [5.74, 6) is -0.128. The number of nitrogens with zero attached hydrogens (tertiary/aromatic N) is 1. The first kappa shape index (κ1) is 9.48. The normalized spacial score (nSPS) is 38.4. The predicted molar refractivity (Wildman–Crippen MR) is 54.4 cm³/mol. The van der Waals surface area contributed by atoms with Gasteiger partial charge >= 0.3 is 0 Å². The zero-order chi connectivity index (χ0) is 9.59. The standard InChI is InChI=1S/C7H8Br2N2O2/c8-3-1-4-7(13)10-2-5(12)11(4)6(3)9/h1,3,5-6,12H,2H2,(H,10,13). The largest absolute Gasteiger partial charge is 0.372 e. The van der Waals surface area contributed by atoms with E-state index in [9.17, 15) is 9.90 Å². The van der Waals surface area contributed by atoms with E-state index in [2.05, 4.69) is 37.2 Å². The molecule has 6 heteroatoms. The van der Waals surface area contributed by atoms with Crippen molar-refractivity contribution in [2.24, 2.45) is 0 Å². The summed E-state index contributed by atoms with van der Waals surface area (Å²) in [6.45, 7) is 0.276. The minimum absolute atomic E-state index is 0.0523. The predicted octanol–water partition coefficient (Wildman–Crippen LogP) is 0.119. The molecular formula is C7H8Br2N2O2. The van der Waals surface area contributed by atoms with E-state index in [1.165, 1.54) is 0 Å². The lowest BCUT2D eigenvalue weighted by molar-refractivity contribution is -0.125. The van der Waals surface area contributed by atoms with E-state index in [0.29, 0.717) is 5.70 Å². The van der Waals surface area contributed by atoms with Crippen LogP contribution in [0.15, 0.2) is 11.8 Å². The third kappa shape index (κ3) is 1.41. The van der Waals surface area contributed by atoms with Gasteiger partial charge < -0.3 is 15.3 Å². The van der Waals surface area contributed by atoms with E-state index >= 15 is 0 Å². The first-order valence-corrected chi connectivity index (χ1v) is 5.69. The lowest BCUT2D eigenvalue weighted by Crippen LogP contribution is -2.53. The van der Waals surface area contributed by atoms with Crippen molar-refractivity contribution in [3.05, 3.63) is 11.8 Å². The fraction of sp³-hybridized carbons (Fsp3) is 0.571. The Hall–Kier alpha value is -0.0700. The topological polar surface area (TPSA) is 52.6 Å². The Morgan fingerprint density at radius 2 is 2.31 bits per heavy atom. The van der Waals surface area contributed by atoms with Gasteiger partial charge in [0.15, 0.2) is 0 Å². The second-order valence-corrected chi connectivity index (χ2v) is 4.96. The molecule has 3 unspecified atom stereocenters. The Labute approximate surface area is 92.2 Å². The molecule has 0 saturated carbocycles. The monoisotopic (exact) mass is 310 g/mol. The quantitative estimate of drug-likeness (QED) is 0.493. The second kappa shape index (κ2) is 3.25. The van der Waals surface area contributed by atoms with Gasteiger partial charge in [-0.05, 0) is 6.08 Å². The van der Waals surface area contributed by atoms with Crippen molar-refractivity contribution in [1.82, 2.24) is 10.2 Å². The molecule has 2 aliphatic heterocycles. The fourth-order valence-corrected chi connectivity index (χ4v) is 2.64. The zero-order valence-electron chi connectivity index (χ0n) is 6.58. The molecule has 4 nitrogen and oxygen atoms in total. The highest BCUT2D eigenvalue weighted by molar-refractivity contribution is 9.12. The lowest BCUT2D eigenvalue weighted by Gasteiger charge is -2.35. The Bertz CT molecular complexity index is 282. The number of rotatable bonds is 0. The van der Waals surface area contributed by atoms with E-state index in [4.69, 9.17) is 0 Å². The smallest absolute Gasteiger partial charge is 0.267 e.